The van der Waals surface area contributed by atoms with Crippen molar-refractivity contribution in [3.8, 4) is 0 Å². The first-order valence-corrected chi connectivity index (χ1v) is 7.73. The fourth-order valence-corrected chi connectivity index (χ4v) is 3.37. The molecular formula is C15H21Cl2NO. The molecule has 0 aliphatic carbocycles. The van der Waals surface area contributed by atoms with Gasteiger partial charge in [-0.3, -0.25) is 0 Å². The van der Waals surface area contributed by atoms with Crippen molar-refractivity contribution in [1.29, 1.82) is 0 Å². The van der Waals surface area contributed by atoms with Crippen molar-refractivity contribution in [1.82, 2.24) is 5.32 Å². The Labute approximate surface area is 125 Å². The Balaban J connectivity index is 2.14. The lowest BCUT2D eigenvalue weighted by molar-refractivity contribution is 0.0606. The van der Waals surface area contributed by atoms with Crippen LogP contribution in [0.5, 0.6) is 0 Å². The Morgan fingerprint density at radius 1 is 1.26 bits per heavy atom. The van der Waals surface area contributed by atoms with Crippen molar-refractivity contribution >= 4 is 23.2 Å². The average molecular weight is 302 g/mol. The Kier molecular flexibility index (Phi) is 5.96. The Bertz CT molecular complexity index is 385. The monoisotopic (exact) mass is 301 g/mol. The molecule has 106 valence electrons. The van der Waals surface area contributed by atoms with Crippen molar-refractivity contribution in [3.05, 3.63) is 33.8 Å². The molecule has 0 bridgehead atoms. The summed E-state index contributed by atoms with van der Waals surface area (Å²) in [5.41, 5.74) is 1.04. The van der Waals surface area contributed by atoms with E-state index in [1.165, 1.54) is 0 Å². The molecule has 1 heterocycles. The highest BCUT2D eigenvalue weighted by molar-refractivity contribution is 6.36. The quantitative estimate of drug-likeness (QED) is 0.867. The molecule has 1 unspecified atom stereocenters. The molecule has 0 amide bonds. The van der Waals surface area contributed by atoms with Gasteiger partial charge in [-0.25, -0.2) is 0 Å². The van der Waals surface area contributed by atoms with Gasteiger partial charge in [0.2, 0.25) is 0 Å². The first kappa shape index (κ1) is 15.1. The molecule has 0 radical (unpaired) electrons. The second-order valence-electron chi connectivity index (χ2n) is 5.04. The summed E-state index contributed by atoms with van der Waals surface area (Å²) in [7, 11) is 0. The number of ether oxygens (including phenoxy) is 1. The van der Waals surface area contributed by atoms with Crippen molar-refractivity contribution in [3.63, 3.8) is 0 Å². The summed E-state index contributed by atoms with van der Waals surface area (Å²) in [5.74, 6) is 0.685. The highest BCUT2D eigenvalue weighted by atomic mass is 35.5. The highest BCUT2D eigenvalue weighted by Gasteiger charge is 2.23. The summed E-state index contributed by atoms with van der Waals surface area (Å²) in [6.07, 6.45) is 3.33. The number of hydrogen-bond donors (Lipinski definition) is 1. The van der Waals surface area contributed by atoms with Crippen LogP contribution in [0.3, 0.4) is 0 Å². The van der Waals surface area contributed by atoms with Gasteiger partial charge in [0.15, 0.2) is 0 Å². The molecule has 4 heteroatoms. The zero-order valence-electron chi connectivity index (χ0n) is 11.3. The SMILES string of the molecule is CCNC(CC1CCOCC1)c1c(Cl)cccc1Cl. The summed E-state index contributed by atoms with van der Waals surface area (Å²) >= 11 is 12.7. The molecule has 1 atom stereocenters. The number of rotatable bonds is 5. The van der Waals surface area contributed by atoms with Crippen LogP contribution in [0.1, 0.15) is 37.8 Å². The lowest BCUT2D eigenvalue weighted by atomic mass is 9.89. The van der Waals surface area contributed by atoms with Crippen LogP contribution in [0, 0.1) is 5.92 Å². The van der Waals surface area contributed by atoms with E-state index in [2.05, 4.69) is 12.2 Å². The number of nitrogens with one attached hydrogen (secondary N) is 1. The second kappa shape index (κ2) is 7.49. The fraction of sp³-hybridized carbons (Fsp3) is 0.600. The minimum absolute atomic E-state index is 0.231. The molecule has 1 fully saturated rings. The van der Waals surface area contributed by atoms with E-state index in [4.69, 9.17) is 27.9 Å². The summed E-state index contributed by atoms with van der Waals surface area (Å²) in [6.45, 7) is 4.77. The van der Waals surface area contributed by atoms with Crippen LogP contribution in [0.25, 0.3) is 0 Å². The summed E-state index contributed by atoms with van der Waals surface area (Å²) in [5, 5.41) is 5.03. The van der Waals surface area contributed by atoms with E-state index in [9.17, 15) is 0 Å². The molecule has 0 spiro atoms. The molecule has 2 nitrogen and oxygen atoms in total. The summed E-state index contributed by atoms with van der Waals surface area (Å²) < 4.78 is 5.42. The van der Waals surface area contributed by atoms with Gasteiger partial charge in [-0.1, -0.05) is 36.2 Å². The smallest absolute Gasteiger partial charge is 0.0468 e. The van der Waals surface area contributed by atoms with Crippen molar-refractivity contribution in [2.75, 3.05) is 19.8 Å². The molecule has 1 aromatic rings. The van der Waals surface area contributed by atoms with E-state index in [1.807, 2.05) is 18.2 Å². The topological polar surface area (TPSA) is 21.3 Å². The number of benzene rings is 1. The molecular weight excluding hydrogens is 281 g/mol. The standard InChI is InChI=1S/C15H21Cl2NO/c1-2-18-14(10-11-6-8-19-9-7-11)15-12(16)4-3-5-13(15)17/h3-5,11,14,18H,2,6-10H2,1H3. The molecule has 1 saturated heterocycles. The maximum absolute atomic E-state index is 6.33. The van der Waals surface area contributed by atoms with Crippen LogP contribution >= 0.6 is 23.2 Å². The third-order valence-corrected chi connectivity index (χ3v) is 4.37. The maximum atomic E-state index is 6.33. The maximum Gasteiger partial charge on any atom is 0.0468 e. The molecule has 0 aromatic heterocycles. The molecule has 1 N–H and O–H groups in total. The van der Waals surface area contributed by atoms with Crippen LogP contribution in [0.15, 0.2) is 18.2 Å². The van der Waals surface area contributed by atoms with Gasteiger partial charge in [0.05, 0.1) is 0 Å². The lowest BCUT2D eigenvalue weighted by Gasteiger charge is -2.28. The van der Waals surface area contributed by atoms with Gasteiger partial charge in [-0.2, -0.15) is 0 Å². The highest BCUT2D eigenvalue weighted by Crippen LogP contribution is 2.35. The van der Waals surface area contributed by atoms with Crippen LogP contribution in [-0.4, -0.2) is 19.8 Å². The normalized spacial score (nSPS) is 18.5. The van der Waals surface area contributed by atoms with Gasteiger partial charge in [-0.15, -0.1) is 0 Å². The van der Waals surface area contributed by atoms with E-state index < -0.39 is 0 Å². The predicted molar refractivity (Wildman–Crippen MR) is 81.0 cm³/mol. The predicted octanol–water partition coefficient (Wildman–Crippen LogP) is 4.46. The molecule has 0 saturated carbocycles. The van der Waals surface area contributed by atoms with E-state index in [0.717, 1.165) is 54.6 Å². The minimum Gasteiger partial charge on any atom is -0.381 e. The molecule has 1 aromatic carbocycles. The molecule has 2 rings (SSSR count). The minimum atomic E-state index is 0.231. The van der Waals surface area contributed by atoms with Gasteiger partial charge in [0.1, 0.15) is 0 Å². The Morgan fingerprint density at radius 3 is 2.47 bits per heavy atom. The van der Waals surface area contributed by atoms with Crippen molar-refractivity contribution < 1.29 is 4.74 Å². The van der Waals surface area contributed by atoms with E-state index >= 15 is 0 Å². The third-order valence-electron chi connectivity index (χ3n) is 3.71. The van der Waals surface area contributed by atoms with Crippen LogP contribution in [-0.2, 0) is 4.74 Å². The summed E-state index contributed by atoms with van der Waals surface area (Å²) in [4.78, 5) is 0. The lowest BCUT2D eigenvalue weighted by Crippen LogP contribution is -2.26. The second-order valence-corrected chi connectivity index (χ2v) is 5.85. The van der Waals surface area contributed by atoms with E-state index in [-0.39, 0.29) is 6.04 Å². The average Bonchev–Trinajstić information content (AvgIpc) is 2.40. The largest absolute Gasteiger partial charge is 0.381 e. The Morgan fingerprint density at radius 2 is 1.89 bits per heavy atom. The van der Waals surface area contributed by atoms with Gasteiger partial charge in [0, 0.05) is 34.9 Å². The number of halogens is 2. The summed E-state index contributed by atoms with van der Waals surface area (Å²) in [6, 6.07) is 5.95. The zero-order valence-corrected chi connectivity index (χ0v) is 12.8. The molecule has 19 heavy (non-hydrogen) atoms. The third kappa shape index (κ3) is 4.09. The van der Waals surface area contributed by atoms with Crippen molar-refractivity contribution in [2.24, 2.45) is 5.92 Å². The van der Waals surface area contributed by atoms with Gasteiger partial charge >= 0.3 is 0 Å². The molecule has 1 aliphatic rings. The van der Waals surface area contributed by atoms with E-state index in [1.54, 1.807) is 0 Å². The number of hydrogen-bond acceptors (Lipinski definition) is 2. The zero-order chi connectivity index (χ0) is 13.7. The van der Waals surface area contributed by atoms with Gasteiger partial charge < -0.3 is 10.1 Å². The van der Waals surface area contributed by atoms with Crippen molar-refractivity contribution in [2.45, 2.75) is 32.2 Å². The Hall–Kier alpha value is -0.280. The van der Waals surface area contributed by atoms with Crippen LogP contribution < -0.4 is 5.32 Å². The fourth-order valence-electron chi connectivity index (χ4n) is 2.71. The first-order chi connectivity index (χ1) is 9.22. The molecule has 1 aliphatic heterocycles. The van der Waals surface area contributed by atoms with Gasteiger partial charge in [0.25, 0.3) is 0 Å². The first-order valence-electron chi connectivity index (χ1n) is 6.97. The van der Waals surface area contributed by atoms with Gasteiger partial charge in [-0.05, 0) is 43.9 Å². The van der Waals surface area contributed by atoms with Crippen LogP contribution in [0.4, 0.5) is 0 Å². The van der Waals surface area contributed by atoms with E-state index in [0.29, 0.717) is 5.92 Å². The van der Waals surface area contributed by atoms with Crippen LogP contribution in [0.2, 0.25) is 10.0 Å².